The number of amides is 2. The molecule has 12 heteroatoms. The average molecular weight is 541 g/mol. The number of halogens is 3. The fourth-order valence-corrected chi connectivity index (χ4v) is 6.47. The van der Waals surface area contributed by atoms with E-state index in [2.05, 4.69) is 5.32 Å². The van der Waals surface area contributed by atoms with Crippen LogP contribution in [0.5, 0.6) is 0 Å². The number of carbonyl (C=O) groups is 2. The van der Waals surface area contributed by atoms with Crippen molar-refractivity contribution in [3.8, 4) is 0 Å². The van der Waals surface area contributed by atoms with Crippen LogP contribution in [0.3, 0.4) is 0 Å². The number of nitrogens with one attached hydrogen (secondary N) is 1. The maximum atomic E-state index is 13.7. The van der Waals surface area contributed by atoms with Gasteiger partial charge in [-0.3, -0.25) is 9.59 Å². The van der Waals surface area contributed by atoms with Gasteiger partial charge in [0.25, 0.3) is 11.8 Å². The zero-order valence-electron chi connectivity index (χ0n) is 19.4. The van der Waals surface area contributed by atoms with Crippen LogP contribution in [0.15, 0.2) is 47.4 Å². The van der Waals surface area contributed by atoms with Gasteiger partial charge in [0.05, 0.1) is 9.92 Å². The molecule has 2 aromatic carbocycles. The molecule has 8 nitrogen and oxygen atoms in total. The summed E-state index contributed by atoms with van der Waals surface area (Å²) in [5.41, 5.74) is 6.07. The summed E-state index contributed by atoms with van der Waals surface area (Å²) in [5.74, 6) is -2.58. The average Bonchev–Trinajstić information content (AvgIpc) is 2.86. The minimum atomic E-state index is -4.35. The van der Waals surface area contributed by atoms with Gasteiger partial charge in [-0.1, -0.05) is 11.6 Å². The van der Waals surface area contributed by atoms with Crippen LogP contribution < -0.4 is 11.1 Å². The third kappa shape index (κ3) is 5.54. The molecule has 1 atom stereocenters. The highest BCUT2D eigenvalue weighted by Crippen LogP contribution is 2.28. The minimum Gasteiger partial charge on any atom is -0.350 e. The van der Waals surface area contributed by atoms with E-state index in [-0.39, 0.29) is 47.1 Å². The molecule has 1 heterocycles. The van der Waals surface area contributed by atoms with Crippen molar-refractivity contribution >= 4 is 33.4 Å². The maximum absolute atomic E-state index is 13.7. The van der Waals surface area contributed by atoms with Crippen molar-refractivity contribution in [2.75, 3.05) is 13.1 Å². The first-order valence-electron chi connectivity index (χ1n) is 11.7. The molecule has 1 saturated carbocycles. The van der Waals surface area contributed by atoms with E-state index in [1.807, 2.05) is 0 Å². The van der Waals surface area contributed by atoms with Gasteiger partial charge in [-0.25, -0.2) is 17.2 Å². The first-order chi connectivity index (χ1) is 17.1. The molecule has 2 aromatic rings. The number of hydrogen-bond donors (Lipinski definition) is 2. The quantitative estimate of drug-likeness (QED) is 0.605. The van der Waals surface area contributed by atoms with Crippen LogP contribution in [0.4, 0.5) is 8.78 Å². The molecule has 0 aromatic heterocycles. The molecule has 0 bridgehead atoms. The van der Waals surface area contributed by atoms with Crippen LogP contribution >= 0.6 is 11.6 Å². The summed E-state index contributed by atoms with van der Waals surface area (Å²) in [7, 11) is -4.35. The fraction of sp³-hybridized carbons (Fsp3) is 0.417. The van der Waals surface area contributed by atoms with Gasteiger partial charge in [0, 0.05) is 30.7 Å². The van der Waals surface area contributed by atoms with Crippen LogP contribution in [0, 0.1) is 11.6 Å². The lowest BCUT2D eigenvalue weighted by Crippen LogP contribution is -2.64. The van der Waals surface area contributed by atoms with Crippen LogP contribution in [0.25, 0.3) is 0 Å². The monoisotopic (exact) mass is 540 g/mol. The molecule has 1 aliphatic carbocycles. The van der Waals surface area contributed by atoms with Gasteiger partial charge in [0.1, 0.15) is 11.6 Å². The van der Waals surface area contributed by atoms with E-state index in [1.54, 1.807) is 0 Å². The first kappa shape index (κ1) is 26.5. The van der Waals surface area contributed by atoms with E-state index in [9.17, 15) is 26.8 Å². The normalized spacial score (nSPS) is 23.3. The summed E-state index contributed by atoms with van der Waals surface area (Å²) >= 11 is 5.83. The third-order valence-corrected chi connectivity index (χ3v) is 8.69. The van der Waals surface area contributed by atoms with Crippen LogP contribution in [0.1, 0.15) is 42.5 Å². The van der Waals surface area contributed by atoms with E-state index < -0.39 is 39.6 Å². The van der Waals surface area contributed by atoms with Gasteiger partial charge in [0.15, 0.2) is 6.17 Å². The highest BCUT2D eigenvalue weighted by molar-refractivity contribution is 7.89. The Kier molecular flexibility index (Phi) is 7.93. The number of rotatable bonds is 5. The summed E-state index contributed by atoms with van der Waals surface area (Å²) in [6.07, 6.45) is 1.44. The summed E-state index contributed by atoms with van der Waals surface area (Å²) in [6, 6.07) is 7.60. The molecule has 194 valence electrons. The predicted octanol–water partition coefficient (Wildman–Crippen LogP) is 2.87. The maximum Gasteiger partial charge on any atom is 0.259 e. The zero-order chi connectivity index (χ0) is 26.0. The molecule has 4 rings (SSSR count). The van der Waals surface area contributed by atoms with Gasteiger partial charge >= 0.3 is 0 Å². The second kappa shape index (κ2) is 10.8. The highest BCUT2D eigenvalue weighted by Gasteiger charge is 2.45. The van der Waals surface area contributed by atoms with E-state index in [4.69, 9.17) is 17.3 Å². The van der Waals surface area contributed by atoms with E-state index >= 15 is 0 Å². The van der Waals surface area contributed by atoms with Crippen molar-refractivity contribution in [3.05, 3.63) is 64.7 Å². The zero-order valence-corrected chi connectivity index (χ0v) is 20.9. The fourth-order valence-electron chi connectivity index (χ4n) is 4.60. The van der Waals surface area contributed by atoms with Gasteiger partial charge in [-0.15, -0.1) is 0 Å². The van der Waals surface area contributed by atoms with Crippen molar-refractivity contribution in [3.63, 3.8) is 0 Å². The van der Waals surface area contributed by atoms with Crippen LogP contribution in [0.2, 0.25) is 5.02 Å². The first-order valence-corrected chi connectivity index (χ1v) is 13.5. The molecule has 1 unspecified atom stereocenters. The van der Waals surface area contributed by atoms with Gasteiger partial charge in [-0.05, 0) is 74.6 Å². The Morgan fingerprint density at radius 2 is 1.67 bits per heavy atom. The van der Waals surface area contributed by atoms with Crippen molar-refractivity contribution < 1.29 is 26.8 Å². The van der Waals surface area contributed by atoms with Crippen molar-refractivity contribution in [1.82, 2.24) is 14.5 Å². The topological polar surface area (TPSA) is 113 Å². The summed E-state index contributed by atoms with van der Waals surface area (Å²) in [6.45, 7) is 0.0676. The van der Waals surface area contributed by atoms with Crippen LogP contribution in [-0.4, -0.2) is 60.8 Å². The Labute approximate surface area is 213 Å². The van der Waals surface area contributed by atoms with Gasteiger partial charge in [-0.2, -0.15) is 4.31 Å². The Balaban J connectivity index is 1.70. The molecule has 2 amide bonds. The SMILES string of the molecule is NC1CCC(NC(=O)C2N(C(=O)c3ccc(F)cc3)CCCN2S(=O)(=O)c2ccc(F)c(Cl)c2)CC1. The number of hydrogen-bond acceptors (Lipinski definition) is 5. The summed E-state index contributed by atoms with van der Waals surface area (Å²) in [4.78, 5) is 27.8. The van der Waals surface area contributed by atoms with E-state index in [0.717, 1.165) is 34.6 Å². The molecule has 3 N–H and O–H groups in total. The lowest BCUT2D eigenvalue weighted by atomic mass is 9.92. The molecule has 2 aliphatic rings. The predicted molar refractivity (Wildman–Crippen MR) is 130 cm³/mol. The smallest absolute Gasteiger partial charge is 0.259 e. The molecule has 1 saturated heterocycles. The molecular weight excluding hydrogens is 514 g/mol. The third-order valence-electron chi connectivity index (χ3n) is 6.55. The van der Waals surface area contributed by atoms with E-state index in [1.165, 1.54) is 17.0 Å². The summed E-state index contributed by atoms with van der Waals surface area (Å²) in [5, 5.41) is 2.51. The van der Waals surface area contributed by atoms with Crippen molar-refractivity contribution in [2.45, 2.75) is 55.2 Å². The number of benzene rings is 2. The van der Waals surface area contributed by atoms with Gasteiger partial charge in [0.2, 0.25) is 10.0 Å². The minimum absolute atomic E-state index is 0.0435. The van der Waals surface area contributed by atoms with E-state index in [0.29, 0.717) is 25.7 Å². The Hall–Kier alpha value is -2.60. The standard InChI is InChI=1S/C24H27ClF2N4O4S/c25-20-14-19(10-11-21(20)27)36(34,35)31-13-1-12-30(24(33)15-2-4-16(26)5-3-15)23(31)22(32)29-18-8-6-17(28)7-9-18/h2-5,10-11,14,17-18,23H,1,6-9,12-13,28H2,(H,29,32). The molecule has 0 spiro atoms. The Bertz CT molecular complexity index is 1240. The largest absolute Gasteiger partial charge is 0.350 e. The Morgan fingerprint density at radius 3 is 2.31 bits per heavy atom. The van der Waals surface area contributed by atoms with Crippen LogP contribution in [-0.2, 0) is 14.8 Å². The number of sulfonamides is 1. The molecule has 36 heavy (non-hydrogen) atoms. The molecule has 0 radical (unpaired) electrons. The molecule has 1 aliphatic heterocycles. The van der Waals surface area contributed by atoms with Gasteiger partial charge < -0.3 is 16.0 Å². The lowest BCUT2D eigenvalue weighted by molar-refractivity contribution is -0.132. The lowest BCUT2D eigenvalue weighted by Gasteiger charge is -2.42. The highest BCUT2D eigenvalue weighted by atomic mass is 35.5. The number of nitrogens with zero attached hydrogens (tertiary/aromatic N) is 2. The summed E-state index contributed by atoms with van der Waals surface area (Å²) < 4.78 is 55.3. The number of carbonyl (C=O) groups excluding carboxylic acids is 2. The second-order valence-corrected chi connectivity index (χ2v) is 11.3. The number of nitrogens with two attached hydrogens (primary N) is 1. The molecule has 2 fully saturated rings. The second-order valence-electron chi connectivity index (χ2n) is 9.04. The molecular formula is C24H27ClF2N4O4S. The van der Waals surface area contributed by atoms with Crippen molar-refractivity contribution in [2.24, 2.45) is 5.73 Å². The Morgan fingerprint density at radius 1 is 1.00 bits per heavy atom. The van der Waals surface area contributed by atoms with Crippen molar-refractivity contribution in [1.29, 1.82) is 0 Å².